The number of carbonyl (C=O) groups is 5. The summed E-state index contributed by atoms with van der Waals surface area (Å²) in [6.45, 7) is 10.1. The van der Waals surface area contributed by atoms with E-state index in [-0.39, 0.29) is 35.3 Å². The van der Waals surface area contributed by atoms with E-state index >= 15 is 0 Å². The standard InChI is InChI=1S/C34H52N6O8S2/c1-19(2)15-24(31(42)38-25(34(45)46)16-20(3)4)37-33(44)30(21(5)6)39-32(43)26(18-49)36-29(41)17-35-50(47,48)28-14-10-11-22-23(28)12-9-13-27(22)40(7)8/h9-14,19-21,24-26,30,35,49H,15-18H2,1-8H3,(H,36,41)(H,37,44)(H,38,42)(H,39,43)(H,45,46)/t24-,25-,26-,30-/m0/s1. The molecule has 14 nitrogen and oxygen atoms in total. The van der Waals surface area contributed by atoms with Crippen LogP contribution in [-0.2, 0) is 34.0 Å². The molecule has 4 amide bonds. The van der Waals surface area contributed by atoms with Crippen molar-refractivity contribution in [2.24, 2.45) is 17.8 Å². The number of aliphatic carboxylic acids is 1. The third kappa shape index (κ3) is 12.2. The van der Waals surface area contributed by atoms with Crippen molar-refractivity contribution < 1.29 is 37.5 Å². The molecule has 0 aliphatic heterocycles. The van der Waals surface area contributed by atoms with Crippen LogP contribution in [-0.4, -0.2) is 93.7 Å². The molecule has 0 heterocycles. The number of sulfonamides is 1. The Hall–Kier alpha value is -3.89. The number of carboxylic acid groups (broad SMARTS) is 1. The van der Waals surface area contributed by atoms with E-state index in [0.717, 1.165) is 5.69 Å². The van der Waals surface area contributed by atoms with Crippen LogP contribution in [0.2, 0.25) is 0 Å². The van der Waals surface area contributed by atoms with Gasteiger partial charge in [0.15, 0.2) is 0 Å². The van der Waals surface area contributed by atoms with Crippen LogP contribution < -0.4 is 30.9 Å². The average Bonchev–Trinajstić information content (AvgIpc) is 3.02. The second-order valence-corrected chi connectivity index (χ2v) is 15.7. The Bertz CT molecular complexity index is 1630. The van der Waals surface area contributed by atoms with Gasteiger partial charge >= 0.3 is 5.97 Å². The van der Waals surface area contributed by atoms with Crippen LogP contribution in [0.15, 0.2) is 41.3 Å². The van der Waals surface area contributed by atoms with Crippen LogP contribution in [0.3, 0.4) is 0 Å². The molecule has 16 heteroatoms. The van der Waals surface area contributed by atoms with Gasteiger partial charge in [0.05, 0.1) is 11.4 Å². The highest BCUT2D eigenvalue weighted by atomic mass is 32.2. The van der Waals surface area contributed by atoms with Crippen LogP contribution >= 0.6 is 12.6 Å². The summed E-state index contributed by atoms with van der Waals surface area (Å²) in [5, 5.41) is 21.0. The SMILES string of the molecule is CC(C)C[C@H](NC(=O)[C@H](CC(C)C)NC(=O)[C@@H](NC(=O)[C@H](CS)NC(=O)CNS(=O)(=O)c1cccc2c(N(C)C)cccc12)C(C)C)C(=O)O. The highest BCUT2D eigenvalue weighted by Crippen LogP contribution is 2.30. The number of carboxylic acids is 1. The maximum absolute atomic E-state index is 13.4. The first-order chi connectivity index (χ1) is 23.3. The van der Waals surface area contributed by atoms with Crippen LogP contribution in [0.5, 0.6) is 0 Å². The van der Waals surface area contributed by atoms with Crippen molar-refractivity contribution in [2.45, 2.75) is 83.4 Å². The summed E-state index contributed by atoms with van der Waals surface area (Å²) in [7, 11) is -0.451. The number of fused-ring (bicyclic) bond motifs is 1. The lowest BCUT2D eigenvalue weighted by atomic mass is 9.98. The zero-order chi connectivity index (χ0) is 37.9. The first-order valence-electron chi connectivity index (χ1n) is 16.5. The average molecular weight is 737 g/mol. The van der Waals surface area contributed by atoms with Gasteiger partial charge in [0.1, 0.15) is 24.2 Å². The Kier molecular flexibility index (Phi) is 16.0. The second-order valence-electron chi connectivity index (χ2n) is 13.6. The predicted octanol–water partition coefficient (Wildman–Crippen LogP) is 1.89. The molecule has 0 aromatic heterocycles. The lowest BCUT2D eigenvalue weighted by molar-refractivity contribution is -0.143. The van der Waals surface area contributed by atoms with Crippen molar-refractivity contribution in [2.75, 3.05) is 31.3 Å². The number of nitrogens with one attached hydrogen (secondary N) is 5. The van der Waals surface area contributed by atoms with Crippen molar-refractivity contribution in [3.8, 4) is 0 Å². The number of anilines is 1. The number of benzene rings is 2. The smallest absolute Gasteiger partial charge is 0.326 e. The number of carbonyl (C=O) groups excluding carboxylic acids is 4. The third-order valence-corrected chi connectivity index (χ3v) is 9.62. The van der Waals surface area contributed by atoms with Crippen molar-refractivity contribution in [3.63, 3.8) is 0 Å². The van der Waals surface area contributed by atoms with Gasteiger partial charge in [-0.15, -0.1) is 0 Å². The van der Waals surface area contributed by atoms with Gasteiger partial charge in [-0.3, -0.25) is 19.2 Å². The lowest BCUT2D eigenvalue weighted by Gasteiger charge is -2.28. The maximum atomic E-state index is 13.4. The van der Waals surface area contributed by atoms with E-state index in [4.69, 9.17) is 0 Å². The molecule has 0 unspecified atom stereocenters. The van der Waals surface area contributed by atoms with E-state index in [1.807, 2.05) is 52.8 Å². The fourth-order valence-corrected chi connectivity index (χ4v) is 6.74. The number of thiol groups is 1. The Morgan fingerprint density at radius 2 is 1.28 bits per heavy atom. The van der Waals surface area contributed by atoms with E-state index in [2.05, 4.69) is 38.6 Å². The Balaban J connectivity index is 2.13. The molecular weight excluding hydrogens is 685 g/mol. The Morgan fingerprint density at radius 3 is 1.82 bits per heavy atom. The predicted molar refractivity (Wildman–Crippen MR) is 196 cm³/mol. The Labute approximate surface area is 300 Å². The molecule has 2 aromatic carbocycles. The molecule has 0 aliphatic rings. The third-order valence-electron chi connectivity index (χ3n) is 7.80. The van der Waals surface area contributed by atoms with Crippen molar-refractivity contribution in [1.29, 1.82) is 0 Å². The van der Waals surface area contributed by atoms with E-state index in [1.165, 1.54) is 6.07 Å². The fourth-order valence-electron chi connectivity index (χ4n) is 5.29. The van der Waals surface area contributed by atoms with Gasteiger partial charge in [-0.1, -0.05) is 65.8 Å². The number of rotatable bonds is 19. The van der Waals surface area contributed by atoms with E-state index in [1.54, 1.807) is 38.1 Å². The topological polar surface area (TPSA) is 203 Å². The summed E-state index contributed by atoms with van der Waals surface area (Å²) in [4.78, 5) is 66.3. The first kappa shape index (κ1) is 42.3. The van der Waals surface area contributed by atoms with Gasteiger partial charge in [-0.05, 0) is 42.7 Å². The summed E-state index contributed by atoms with van der Waals surface area (Å²) < 4.78 is 28.8. The maximum Gasteiger partial charge on any atom is 0.326 e. The molecule has 0 saturated carbocycles. The quantitative estimate of drug-likeness (QED) is 0.105. The van der Waals surface area contributed by atoms with Gasteiger partial charge in [0.25, 0.3) is 0 Å². The van der Waals surface area contributed by atoms with Crippen molar-refractivity contribution in [1.82, 2.24) is 26.0 Å². The summed E-state index contributed by atoms with van der Waals surface area (Å²) in [5.41, 5.74) is 0.820. The molecule has 0 fully saturated rings. The Morgan fingerprint density at radius 1 is 0.740 bits per heavy atom. The number of hydrogen-bond acceptors (Lipinski definition) is 9. The summed E-state index contributed by atoms with van der Waals surface area (Å²) in [6, 6.07) is 5.57. The molecule has 50 heavy (non-hydrogen) atoms. The summed E-state index contributed by atoms with van der Waals surface area (Å²) in [6.07, 6.45) is 0.415. The normalized spacial score (nSPS) is 14.2. The molecular formula is C34H52N6O8S2. The van der Waals surface area contributed by atoms with Crippen molar-refractivity contribution >= 4 is 68.7 Å². The zero-order valence-electron chi connectivity index (χ0n) is 29.9. The van der Waals surface area contributed by atoms with Crippen LogP contribution in [0.25, 0.3) is 10.8 Å². The van der Waals surface area contributed by atoms with E-state index in [0.29, 0.717) is 10.8 Å². The van der Waals surface area contributed by atoms with E-state index in [9.17, 15) is 37.5 Å². The number of amides is 4. The molecule has 0 bridgehead atoms. The molecule has 6 N–H and O–H groups in total. The van der Waals surface area contributed by atoms with Gasteiger partial charge in [0.2, 0.25) is 33.7 Å². The monoisotopic (exact) mass is 736 g/mol. The minimum Gasteiger partial charge on any atom is -0.480 e. The molecule has 278 valence electrons. The molecule has 2 rings (SSSR count). The fraction of sp³-hybridized carbons (Fsp3) is 0.559. The summed E-state index contributed by atoms with van der Waals surface area (Å²) in [5.74, 6) is -4.72. The molecule has 0 aliphatic carbocycles. The second kappa shape index (κ2) is 18.9. The lowest BCUT2D eigenvalue weighted by Crippen LogP contribution is -2.59. The number of nitrogens with zero attached hydrogens (tertiary/aromatic N) is 1. The summed E-state index contributed by atoms with van der Waals surface area (Å²) >= 11 is 4.18. The van der Waals surface area contributed by atoms with Crippen LogP contribution in [0, 0.1) is 17.8 Å². The van der Waals surface area contributed by atoms with Crippen molar-refractivity contribution in [3.05, 3.63) is 36.4 Å². The molecule has 2 aromatic rings. The van der Waals surface area contributed by atoms with Crippen LogP contribution in [0.1, 0.15) is 54.4 Å². The van der Waals surface area contributed by atoms with Gasteiger partial charge in [-0.2, -0.15) is 12.6 Å². The largest absolute Gasteiger partial charge is 0.480 e. The minimum atomic E-state index is -4.14. The molecule has 4 atom stereocenters. The molecule has 0 radical (unpaired) electrons. The highest BCUT2D eigenvalue weighted by molar-refractivity contribution is 7.89. The number of hydrogen-bond donors (Lipinski definition) is 7. The van der Waals surface area contributed by atoms with Gasteiger partial charge in [-0.25, -0.2) is 17.9 Å². The van der Waals surface area contributed by atoms with Gasteiger partial charge in [0, 0.05) is 36.3 Å². The zero-order valence-corrected chi connectivity index (χ0v) is 31.7. The first-order valence-corrected chi connectivity index (χ1v) is 18.6. The van der Waals surface area contributed by atoms with Crippen LogP contribution in [0.4, 0.5) is 5.69 Å². The minimum absolute atomic E-state index is 0.00339. The molecule has 0 spiro atoms. The van der Waals surface area contributed by atoms with Gasteiger partial charge < -0.3 is 31.3 Å². The molecule has 0 saturated heterocycles. The highest BCUT2D eigenvalue weighted by Gasteiger charge is 2.33. The van der Waals surface area contributed by atoms with E-state index < -0.39 is 76.3 Å².